The second kappa shape index (κ2) is 6.05. The molecule has 1 saturated carbocycles. The van der Waals surface area contributed by atoms with E-state index in [1.165, 1.54) is 45.0 Å². The Morgan fingerprint density at radius 3 is 2.31 bits per heavy atom. The Bertz CT molecular complexity index is 1270. The Balaban J connectivity index is 1.64. The minimum Gasteiger partial charge on any atom is -0.362 e. The van der Waals surface area contributed by atoms with Crippen LogP contribution in [0.5, 0.6) is 0 Å². The fourth-order valence-electron chi connectivity index (χ4n) is 4.47. The molecule has 2 aliphatic rings. The number of amidine groups is 1. The molecule has 0 amide bonds. The summed E-state index contributed by atoms with van der Waals surface area (Å²) in [6.45, 7) is 5.10. The zero-order valence-corrected chi connectivity index (χ0v) is 18.6. The summed E-state index contributed by atoms with van der Waals surface area (Å²) in [5.74, 6) is 0.729. The predicted molar refractivity (Wildman–Crippen MR) is 122 cm³/mol. The summed E-state index contributed by atoms with van der Waals surface area (Å²) in [4.78, 5) is 0. The number of thiophene rings is 1. The third kappa shape index (κ3) is 2.76. The van der Waals surface area contributed by atoms with Crippen molar-refractivity contribution in [3.63, 3.8) is 0 Å². The van der Waals surface area contributed by atoms with E-state index in [9.17, 15) is 8.42 Å². The van der Waals surface area contributed by atoms with E-state index in [2.05, 4.69) is 35.6 Å². The number of sulfone groups is 1. The lowest BCUT2D eigenvalue weighted by molar-refractivity contribution is 0.420. The molecule has 6 heteroatoms. The summed E-state index contributed by atoms with van der Waals surface area (Å²) in [6.07, 6.45) is 3.87. The molecule has 1 aliphatic heterocycles. The fraction of sp³-hybridized carbons (Fsp3) is 0.435. The van der Waals surface area contributed by atoms with Crippen LogP contribution < -0.4 is 5.32 Å². The first-order chi connectivity index (χ1) is 13.6. The van der Waals surface area contributed by atoms with Crippen LogP contribution in [0.25, 0.3) is 20.2 Å². The molecule has 5 rings (SSSR count). The van der Waals surface area contributed by atoms with Crippen LogP contribution in [-0.2, 0) is 15.4 Å². The van der Waals surface area contributed by atoms with Crippen molar-refractivity contribution in [3.05, 3.63) is 47.5 Å². The summed E-state index contributed by atoms with van der Waals surface area (Å²) < 4.78 is 27.1. The smallest absolute Gasteiger partial charge is 0.165 e. The summed E-state index contributed by atoms with van der Waals surface area (Å²) in [5, 5.41) is 14.0. The first-order valence-electron chi connectivity index (χ1n) is 10.2. The number of hydrogen-bond acceptors (Lipinski definition) is 4. The lowest BCUT2D eigenvalue weighted by atomic mass is 9.80. The van der Waals surface area contributed by atoms with Gasteiger partial charge in [-0.15, -0.1) is 11.3 Å². The van der Waals surface area contributed by atoms with E-state index in [0.29, 0.717) is 5.92 Å². The molecular formula is C23H26N2O2S2. The standard InChI is InChI=1S/C23H26N2O2S2/c1-22(2)21(24)25-23(3,13-29(22,26)27)16-8-10-20-18(12-16)17-11-15(14-5-4-6-14)7-9-19(17)28-20/h7-12,14H,4-6,13H2,1-3H3,(H2,24,25)/t23-/m0/s1. The molecule has 1 saturated heterocycles. The maximum absolute atomic E-state index is 12.9. The van der Waals surface area contributed by atoms with E-state index in [1.54, 1.807) is 25.2 Å². The molecule has 2 fully saturated rings. The average Bonchev–Trinajstić information content (AvgIpc) is 2.96. The van der Waals surface area contributed by atoms with Crippen molar-refractivity contribution < 1.29 is 8.42 Å². The Morgan fingerprint density at radius 2 is 1.69 bits per heavy atom. The molecule has 0 spiro atoms. The second-order valence-corrected chi connectivity index (χ2v) is 12.9. The normalized spacial score (nSPS) is 26.4. The minimum absolute atomic E-state index is 0.0176. The van der Waals surface area contributed by atoms with Crippen molar-refractivity contribution >= 4 is 47.2 Å². The van der Waals surface area contributed by atoms with E-state index in [1.807, 2.05) is 13.0 Å². The Kier molecular flexibility index (Phi) is 3.98. The summed E-state index contributed by atoms with van der Waals surface area (Å²) in [6, 6.07) is 13.1. The SMILES string of the molecule is CC1(C)C(=N)N[C@](C)(c2ccc3sc4ccc(C5CCC5)cc4c3c2)CS1(=O)=O. The van der Waals surface area contributed by atoms with Crippen LogP contribution in [0, 0.1) is 5.41 Å². The largest absolute Gasteiger partial charge is 0.362 e. The van der Waals surface area contributed by atoms with Gasteiger partial charge in [0, 0.05) is 20.2 Å². The van der Waals surface area contributed by atoms with Crippen molar-refractivity contribution in [2.24, 2.45) is 0 Å². The molecule has 1 aromatic heterocycles. The van der Waals surface area contributed by atoms with Crippen LogP contribution in [-0.4, -0.2) is 24.8 Å². The quantitative estimate of drug-likeness (QED) is 0.583. The molecule has 0 unspecified atom stereocenters. The minimum atomic E-state index is -3.45. The highest BCUT2D eigenvalue weighted by Gasteiger charge is 2.50. The summed E-state index contributed by atoms with van der Waals surface area (Å²) in [5.41, 5.74) is 1.53. The number of hydrogen-bond donors (Lipinski definition) is 2. The highest BCUT2D eigenvalue weighted by molar-refractivity contribution is 7.93. The van der Waals surface area contributed by atoms with E-state index < -0.39 is 20.1 Å². The topological polar surface area (TPSA) is 70.0 Å². The molecule has 1 aliphatic carbocycles. The van der Waals surface area contributed by atoms with Crippen LogP contribution in [0.15, 0.2) is 36.4 Å². The lowest BCUT2D eigenvalue weighted by Gasteiger charge is -2.43. The molecule has 4 nitrogen and oxygen atoms in total. The van der Waals surface area contributed by atoms with Crippen molar-refractivity contribution in [2.45, 2.75) is 56.2 Å². The van der Waals surface area contributed by atoms with Crippen molar-refractivity contribution in [1.82, 2.24) is 5.32 Å². The van der Waals surface area contributed by atoms with Gasteiger partial charge in [-0.25, -0.2) is 8.42 Å². The van der Waals surface area contributed by atoms with E-state index in [4.69, 9.17) is 5.41 Å². The lowest BCUT2D eigenvalue weighted by Crippen LogP contribution is -2.63. The van der Waals surface area contributed by atoms with Gasteiger partial charge in [0.15, 0.2) is 9.84 Å². The number of fused-ring (bicyclic) bond motifs is 3. The van der Waals surface area contributed by atoms with Crippen LogP contribution in [0.4, 0.5) is 0 Å². The molecule has 0 radical (unpaired) electrons. The highest BCUT2D eigenvalue weighted by Crippen LogP contribution is 2.42. The van der Waals surface area contributed by atoms with Crippen LogP contribution >= 0.6 is 11.3 Å². The van der Waals surface area contributed by atoms with Crippen molar-refractivity contribution in [3.8, 4) is 0 Å². The highest BCUT2D eigenvalue weighted by atomic mass is 32.2. The van der Waals surface area contributed by atoms with Gasteiger partial charge in [0.25, 0.3) is 0 Å². The average molecular weight is 427 g/mol. The van der Waals surface area contributed by atoms with Gasteiger partial charge in [0.05, 0.1) is 11.3 Å². The first-order valence-corrected chi connectivity index (χ1v) is 12.6. The van der Waals surface area contributed by atoms with Crippen LogP contribution in [0.2, 0.25) is 0 Å². The number of rotatable bonds is 2. The maximum atomic E-state index is 12.9. The van der Waals surface area contributed by atoms with Crippen LogP contribution in [0.1, 0.15) is 57.1 Å². The third-order valence-electron chi connectivity index (χ3n) is 6.97. The number of nitrogens with one attached hydrogen (secondary N) is 2. The van der Waals surface area contributed by atoms with Crippen molar-refractivity contribution in [2.75, 3.05) is 5.75 Å². The van der Waals surface area contributed by atoms with Gasteiger partial charge < -0.3 is 5.32 Å². The molecule has 2 heterocycles. The second-order valence-electron chi connectivity index (χ2n) is 9.30. The molecule has 29 heavy (non-hydrogen) atoms. The van der Waals surface area contributed by atoms with Crippen molar-refractivity contribution in [1.29, 1.82) is 5.41 Å². The monoisotopic (exact) mass is 426 g/mol. The zero-order chi connectivity index (χ0) is 20.6. The Morgan fingerprint density at radius 1 is 1.03 bits per heavy atom. The van der Waals surface area contributed by atoms with E-state index in [0.717, 1.165) is 5.56 Å². The van der Waals surface area contributed by atoms with Gasteiger partial charge in [-0.05, 0) is 74.9 Å². The molecule has 1 atom stereocenters. The van der Waals surface area contributed by atoms with E-state index in [-0.39, 0.29) is 11.6 Å². The zero-order valence-electron chi connectivity index (χ0n) is 17.0. The van der Waals surface area contributed by atoms with Gasteiger partial charge >= 0.3 is 0 Å². The van der Waals surface area contributed by atoms with Gasteiger partial charge in [-0.3, -0.25) is 5.41 Å². The molecule has 0 bridgehead atoms. The first kappa shape index (κ1) is 19.1. The van der Waals surface area contributed by atoms with Gasteiger partial charge in [-0.1, -0.05) is 18.6 Å². The van der Waals surface area contributed by atoms with Gasteiger partial charge in [0.2, 0.25) is 0 Å². The molecule has 3 aromatic rings. The molecular weight excluding hydrogens is 400 g/mol. The molecule has 2 N–H and O–H groups in total. The fourth-order valence-corrected chi connectivity index (χ4v) is 7.26. The van der Waals surface area contributed by atoms with Gasteiger partial charge in [0.1, 0.15) is 10.6 Å². The summed E-state index contributed by atoms with van der Waals surface area (Å²) >= 11 is 1.78. The maximum Gasteiger partial charge on any atom is 0.165 e. The van der Waals surface area contributed by atoms with E-state index >= 15 is 0 Å². The predicted octanol–water partition coefficient (Wildman–Crippen LogP) is 5.31. The van der Waals surface area contributed by atoms with Gasteiger partial charge in [-0.2, -0.15) is 0 Å². The molecule has 2 aromatic carbocycles. The summed E-state index contributed by atoms with van der Waals surface area (Å²) in [7, 11) is -3.45. The Hall–Kier alpha value is -1.92. The Labute approximate surface area is 175 Å². The third-order valence-corrected chi connectivity index (χ3v) is 10.8. The number of benzene rings is 2. The van der Waals surface area contributed by atoms with Crippen LogP contribution in [0.3, 0.4) is 0 Å². The molecule has 152 valence electrons.